The fraction of sp³-hybridized carbons (Fsp3) is 0.952. The van der Waals surface area contributed by atoms with E-state index < -0.39 is 0 Å². The van der Waals surface area contributed by atoms with Crippen LogP contribution in [0.3, 0.4) is 0 Å². The molecule has 0 aromatic carbocycles. The van der Waals surface area contributed by atoms with Crippen LogP contribution in [-0.2, 0) is 9.63 Å². The summed E-state index contributed by atoms with van der Waals surface area (Å²) in [6.07, 6.45) is 18.0. The topological polar surface area (TPSA) is 38.3 Å². The van der Waals surface area contributed by atoms with Crippen LogP contribution in [0.5, 0.6) is 0 Å². The molecule has 0 heterocycles. The Morgan fingerprint density at radius 2 is 1.20 bits per heavy atom. The lowest BCUT2D eigenvalue weighted by atomic mass is 9.88. The van der Waals surface area contributed by atoms with E-state index in [2.05, 4.69) is 19.3 Å². The van der Waals surface area contributed by atoms with E-state index in [1.54, 1.807) is 0 Å². The minimum absolute atomic E-state index is 0. The van der Waals surface area contributed by atoms with Gasteiger partial charge < -0.3 is 4.84 Å². The van der Waals surface area contributed by atoms with Gasteiger partial charge in [0.25, 0.3) is 0 Å². The number of hydroxylamine groups is 1. The van der Waals surface area contributed by atoms with E-state index in [-0.39, 0.29) is 23.8 Å². The Morgan fingerprint density at radius 3 is 1.64 bits per heavy atom. The lowest BCUT2D eigenvalue weighted by molar-refractivity contribution is -0.162. The predicted molar refractivity (Wildman–Crippen MR) is 111 cm³/mol. The third-order valence-electron chi connectivity index (χ3n) is 4.72. The number of carbonyl (C=O) groups excluding carboxylic acids is 1. The first kappa shape index (κ1) is 26.9. The van der Waals surface area contributed by atoms with Crippen molar-refractivity contribution in [3.05, 3.63) is 0 Å². The van der Waals surface area contributed by atoms with Crippen molar-refractivity contribution in [3.8, 4) is 0 Å². The maximum atomic E-state index is 11.9. The molecule has 0 aliphatic carbocycles. The van der Waals surface area contributed by atoms with Gasteiger partial charge in [-0.05, 0) is 26.7 Å². The van der Waals surface area contributed by atoms with Crippen molar-refractivity contribution in [2.45, 2.75) is 118 Å². The van der Waals surface area contributed by atoms with Gasteiger partial charge in [-0.2, -0.15) is 5.48 Å². The zero-order chi connectivity index (χ0) is 18.1. The average Bonchev–Trinajstić information content (AvgIpc) is 2.54. The van der Waals surface area contributed by atoms with Crippen LogP contribution in [-0.4, -0.2) is 12.5 Å². The fourth-order valence-corrected chi connectivity index (χ4v) is 3.02. The van der Waals surface area contributed by atoms with Crippen LogP contribution >= 0.6 is 12.4 Å². The summed E-state index contributed by atoms with van der Waals surface area (Å²) in [7, 11) is 0. The smallest absolute Gasteiger partial charge is 0.330 e. The van der Waals surface area contributed by atoms with Gasteiger partial charge in [0.2, 0.25) is 0 Å². The molecule has 0 bridgehead atoms. The Bertz CT molecular complexity index is 296. The minimum Gasteiger partial charge on any atom is -0.370 e. The first-order valence-electron chi connectivity index (χ1n) is 10.5. The van der Waals surface area contributed by atoms with E-state index in [0.29, 0.717) is 0 Å². The molecule has 0 amide bonds. The van der Waals surface area contributed by atoms with Gasteiger partial charge >= 0.3 is 5.97 Å². The van der Waals surface area contributed by atoms with E-state index in [4.69, 9.17) is 4.84 Å². The fourth-order valence-electron chi connectivity index (χ4n) is 3.02. The van der Waals surface area contributed by atoms with Gasteiger partial charge in [-0.25, -0.2) is 4.79 Å². The number of nitrogens with one attached hydrogen (secondary N) is 1. The third-order valence-corrected chi connectivity index (χ3v) is 4.72. The Labute approximate surface area is 163 Å². The summed E-state index contributed by atoms with van der Waals surface area (Å²) in [5, 5.41) is 0. The van der Waals surface area contributed by atoms with Crippen molar-refractivity contribution >= 4 is 18.4 Å². The van der Waals surface area contributed by atoms with Crippen molar-refractivity contribution in [1.29, 1.82) is 0 Å². The van der Waals surface area contributed by atoms with Crippen molar-refractivity contribution < 1.29 is 9.63 Å². The van der Waals surface area contributed by atoms with Gasteiger partial charge in [0, 0.05) is 6.54 Å². The van der Waals surface area contributed by atoms with Crippen LogP contribution in [0.2, 0.25) is 0 Å². The Kier molecular flexibility index (Phi) is 19.9. The SMILES string of the molecule is CCCCCCCCCCCCCCNOC(=O)C(C)(C)CCC.Cl. The lowest BCUT2D eigenvalue weighted by Crippen LogP contribution is -2.32. The first-order valence-corrected chi connectivity index (χ1v) is 10.5. The molecule has 0 saturated heterocycles. The van der Waals surface area contributed by atoms with Crippen molar-refractivity contribution in [3.63, 3.8) is 0 Å². The van der Waals surface area contributed by atoms with Gasteiger partial charge in [-0.3, -0.25) is 0 Å². The second-order valence-electron chi connectivity index (χ2n) is 7.81. The highest BCUT2D eigenvalue weighted by Gasteiger charge is 2.28. The Morgan fingerprint density at radius 1 is 0.760 bits per heavy atom. The molecule has 0 fully saturated rings. The van der Waals surface area contributed by atoms with Crippen LogP contribution in [0, 0.1) is 5.41 Å². The third kappa shape index (κ3) is 16.9. The summed E-state index contributed by atoms with van der Waals surface area (Å²) in [6.45, 7) is 9.03. The molecule has 0 aromatic heterocycles. The summed E-state index contributed by atoms with van der Waals surface area (Å²) in [5.74, 6) is -0.136. The minimum atomic E-state index is -0.377. The van der Waals surface area contributed by atoms with Crippen molar-refractivity contribution in [2.24, 2.45) is 5.41 Å². The van der Waals surface area contributed by atoms with E-state index >= 15 is 0 Å². The second kappa shape index (κ2) is 18.5. The molecular formula is C21H44ClNO2. The number of hydrogen-bond acceptors (Lipinski definition) is 3. The highest BCUT2D eigenvalue weighted by Crippen LogP contribution is 2.23. The summed E-state index contributed by atoms with van der Waals surface area (Å²) in [6, 6.07) is 0. The van der Waals surface area contributed by atoms with E-state index in [1.807, 2.05) is 13.8 Å². The molecule has 0 saturated carbocycles. The van der Waals surface area contributed by atoms with Gasteiger partial charge in [-0.1, -0.05) is 90.9 Å². The number of hydrogen-bond donors (Lipinski definition) is 1. The molecule has 152 valence electrons. The summed E-state index contributed by atoms with van der Waals surface area (Å²) in [4.78, 5) is 17.1. The van der Waals surface area contributed by atoms with Crippen LogP contribution in [0.15, 0.2) is 0 Å². The maximum Gasteiger partial charge on any atom is 0.330 e. The zero-order valence-electron chi connectivity index (χ0n) is 17.3. The number of unbranched alkanes of at least 4 members (excludes halogenated alkanes) is 11. The molecule has 0 aromatic rings. The normalized spacial score (nSPS) is 11.2. The van der Waals surface area contributed by atoms with Crippen LogP contribution in [0.25, 0.3) is 0 Å². The molecule has 0 unspecified atom stereocenters. The van der Waals surface area contributed by atoms with Gasteiger partial charge in [0.05, 0.1) is 5.41 Å². The molecule has 0 aliphatic rings. The van der Waals surface area contributed by atoms with E-state index in [0.717, 1.165) is 25.8 Å². The van der Waals surface area contributed by atoms with Gasteiger partial charge in [0.15, 0.2) is 0 Å². The highest BCUT2D eigenvalue weighted by atomic mass is 35.5. The Balaban J connectivity index is 0. The molecule has 25 heavy (non-hydrogen) atoms. The molecule has 0 spiro atoms. The number of rotatable bonds is 17. The molecule has 3 nitrogen and oxygen atoms in total. The first-order chi connectivity index (χ1) is 11.5. The monoisotopic (exact) mass is 377 g/mol. The molecular weight excluding hydrogens is 334 g/mol. The largest absolute Gasteiger partial charge is 0.370 e. The van der Waals surface area contributed by atoms with E-state index in [9.17, 15) is 4.79 Å². The quantitative estimate of drug-likeness (QED) is 0.219. The summed E-state index contributed by atoms with van der Waals surface area (Å²) in [5.41, 5.74) is 2.46. The Hall–Kier alpha value is -0.280. The number of carbonyl (C=O) groups is 1. The zero-order valence-corrected chi connectivity index (χ0v) is 18.1. The predicted octanol–water partition coefficient (Wildman–Crippen LogP) is 6.98. The van der Waals surface area contributed by atoms with Gasteiger partial charge in [0.1, 0.15) is 0 Å². The molecule has 0 rings (SSSR count). The van der Waals surface area contributed by atoms with Crippen LogP contribution in [0.1, 0.15) is 118 Å². The summed E-state index contributed by atoms with van der Waals surface area (Å²) < 4.78 is 0. The van der Waals surface area contributed by atoms with Crippen LogP contribution < -0.4 is 5.48 Å². The standard InChI is InChI=1S/C21H43NO2.ClH/c1-5-7-8-9-10-11-12-13-14-15-16-17-19-22-24-20(23)21(3,4)18-6-2;/h22H,5-19H2,1-4H3;1H. The molecule has 0 aliphatic heterocycles. The summed E-state index contributed by atoms with van der Waals surface area (Å²) >= 11 is 0. The molecule has 0 atom stereocenters. The van der Waals surface area contributed by atoms with E-state index in [1.165, 1.54) is 70.6 Å². The average molecular weight is 378 g/mol. The van der Waals surface area contributed by atoms with Crippen molar-refractivity contribution in [1.82, 2.24) is 5.48 Å². The second-order valence-corrected chi connectivity index (χ2v) is 7.81. The van der Waals surface area contributed by atoms with Crippen LogP contribution in [0.4, 0.5) is 0 Å². The van der Waals surface area contributed by atoms with Gasteiger partial charge in [-0.15, -0.1) is 12.4 Å². The molecule has 0 radical (unpaired) electrons. The molecule has 4 heteroatoms. The highest BCUT2D eigenvalue weighted by molar-refractivity contribution is 5.85. The molecule has 1 N–H and O–H groups in total. The number of halogens is 1. The maximum absolute atomic E-state index is 11.9. The lowest BCUT2D eigenvalue weighted by Gasteiger charge is -2.21. The van der Waals surface area contributed by atoms with Crippen molar-refractivity contribution in [2.75, 3.05) is 6.54 Å².